The first-order chi connectivity index (χ1) is 9.51. The van der Waals surface area contributed by atoms with Crippen LogP contribution in [0.1, 0.15) is 81.1 Å². The van der Waals surface area contributed by atoms with Crippen LogP contribution in [0.3, 0.4) is 0 Å². The van der Waals surface area contributed by atoms with Gasteiger partial charge >= 0.3 is 0 Å². The third-order valence-electron chi connectivity index (χ3n) is 5.23. The quantitative estimate of drug-likeness (QED) is 0.597. The molecule has 4 rings (SSSR count). The third kappa shape index (κ3) is 1.57. The van der Waals surface area contributed by atoms with Crippen molar-refractivity contribution in [3.8, 4) is 0 Å². The van der Waals surface area contributed by atoms with Crippen molar-refractivity contribution in [3.05, 3.63) is 34.8 Å². The van der Waals surface area contributed by atoms with Gasteiger partial charge in [0.25, 0.3) is 0 Å². The molecule has 0 heterocycles. The molecule has 1 aromatic carbocycles. The van der Waals surface area contributed by atoms with Gasteiger partial charge < -0.3 is 0 Å². The molecule has 1 saturated carbocycles. The van der Waals surface area contributed by atoms with Crippen LogP contribution < -0.4 is 0 Å². The van der Waals surface area contributed by atoms with E-state index in [2.05, 4.69) is 34.6 Å². The second kappa shape index (κ2) is 3.40. The monoisotopic (exact) mass is 245 g/mol. The maximum absolute atomic E-state index is 8.78. The van der Waals surface area contributed by atoms with Gasteiger partial charge in [-0.25, -0.2) is 0 Å². The second-order valence-corrected chi connectivity index (χ2v) is 7.87. The first-order valence-corrected chi connectivity index (χ1v) is 7.16. The van der Waals surface area contributed by atoms with Gasteiger partial charge in [-0.15, -0.1) is 0 Å². The molecule has 2 bridgehead atoms. The van der Waals surface area contributed by atoms with Crippen LogP contribution in [0.15, 0.2) is 18.1 Å². The zero-order chi connectivity index (χ0) is 15.8. The normalized spacial score (nSPS) is 36.8. The van der Waals surface area contributed by atoms with Crippen LogP contribution in [-0.4, -0.2) is 0 Å². The van der Waals surface area contributed by atoms with E-state index in [-0.39, 0.29) is 22.3 Å². The molecular weight excluding hydrogens is 216 g/mol. The van der Waals surface area contributed by atoms with Crippen molar-refractivity contribution in [1.82, 2.24) is 0 Å². The van der Waals surface area contributed by atoms with Gasteiger partial charge in [-0.05, 0) is 58.6 Å². The van der Waals surface area contributed by atoms with E-state index in [0.29, 0.717) is 12.1 Å². The summed E-state index contributed by atoms with van der Waals surface area (Å²) in [5.41, 5.74) is 2.65. The Bertz CT molecular complexity index is 615. The molecular formula is C18H26. The summed E-state index contributed by atoms with van der Waals surface area (Å²) < 4.78 is 25.8. The molecule has 0 nitrogen and oxygen atoms in total. The molecule has 0 atom stereocenters. The zero-order valence-electron chi connectivity index (χ0n) is 15.3. The number of fused-ring (bicyclic) bond motifs is 2. The number of rotatable bonds is 0. The van der Waals surface area contributed by atoms with Crippen LogP contribution >= 0.6 is 0 Å². The highest BCUT2D eigenvalue weighted by Gasteiger charge is 2.47. The van der Waals surface area contributed by atoms with Gasteiger partial charge in [-0.2, -0.15) is 0 Å². The summed E-state index contributed by atoms with van der Waals surface area (Å²) in [5, 5.41) is 0. The molecule has 0 N–H and O–H groups in total. The average molecular weight is 245 g/mol. The van der Waals surface area contributed by atoms with E-state index in [9.17, 15) is 0 Å². The largest absolute Gasteiger partial charge is 0.0629 e. The molecule has 1 fully saturated rings. The molecule has 0 aliphatic heterocycles. The fourth-order valence-corrected chi connectivity index (χ4v) is 3.54. The Morgan fingerprint density at radius 3 is 1.94 bits per heavy atom. The Labute approximate surface area is 116 Å². The molecule has 18 heavy (non-hydrogen) atoms. The van der Waals surface area contributed by atoms with Crippen molar-refractivity contribution >= 4 is 0 Å². The van der Waals surface area contributed by atoms with Gasteiger partial charge in [-0.3, -0.25) is 0 Å². The molecule has 0 saturated heterocycles. The van der Waals surface area contributed by atoms with Crippen LogP contribution in [0.25, 0.3) is 0 Å². The smallest absolute Gasteiger partial charge is 0.0582 e. The SMILES string of the molecule is [2H]c1c([2H])c2c(c([2H])c1C(C)(C)C)C1(C)CCC2(C)CC1. The predicted molar refractivity (Wildman–Crippen MR) is 78.3 cm³/mol. The molecule has 0 heteroatoms. The molecule has 0 amide bonds. The topological polar surface area (TPSA) is 0 Å². The highest BCUT2D eigenvalue weighted by Crippen LogP contribution is 2.56. The maximum atomic E-state index is 8.78. The minimum atomic E-state index is -0.257. The highest BCUT2D eigenvalue weighted by molar-refractivity contribution is 5.47. The van der Waals surface area contributed by atoms with Crippen molar-refractivity contribution in [1.29, 1.82) is 0 Å². The lowest BCUT2D eigenvalue weighted by atomic mass is 9.52. The maximum Gasteiger partial charge on any atom is 0.0629 e. The van der Waals surface area contributed by atoms with Crippen LogP contribution in [-0.2, 0) is 16.2 Å². The van der Waals surface area contributed by atoms with Gasteiger partial charge in [0.2, 0.25) is 0 Å². The number of hydrogen-bond donors (Lipinski definition) is 0. The molecule has 1 aromatic rings. The Balaban J connectivity index is 2.44. The Morgan fingerprint density at radius 1 is 0.944 bits per heavy atom. The van der Waals surface area contributed by atoms with Gasteiger partial charge in [0, 0.05) is 0 Å². The van der Waals surface area contributed by atoms with E-state index in [0.717, 1.165) is 42.4 Å². The first-order valence-electron chi connectivity index (χ1n) is 8.66. The Kier molecular flexibility index (Phi) is 1.74. The van der Waals surface area contributed by atoms with Gasteiger partial charge in [0.05, 0.1) is 4.11 Å². The van der Waals surface area contributed by atoms with Gasteiger partial charge in [0.1, 0.15) is 0 Å². The van der Waals surface area contributed by atoms with Crippen LogP contribution in [0.2, 0.25) is 0 Å². The standard InChI is InChI=1S/C18H26/c1-16(2,3)13-6-7-14-15(12-13)18(5)10-8-17(14,4)9-11-18/h6-7,12H,8-11H2,1-5H3/i6D,7D,12D. The fraction of sp³-hybridized carbons (Fsp3) is 0.667. The van der Waals surface area contributed by atoms with E-state index in [1.807, 2.05) is 0 Å². The summed E-state index contributed by atoms with van der Waals surface area (Å²) in [7, 11) is 0. The molecule has 3 aliphatic carbocycles. The van der Waals surface area contributed by atoms with Crippen molar-refractivity contribution in [3.63, 3.8) is 0 Å². The Morgan fingerprint density at radius 2 is 1.44 bits per heavy atom. The minimum Gasteiger partial charge on any atom is -0.0582 e. The van der Waals surface area contributed by atoms with Crippen LogP contribution in [0, 0.1) is 0 Å². The summed E-state index contributed by atoms with van der Waals surface area (Å²) >= 11 is 0. The summed E-state index contributed by atoms with van der Waals surface area (Å²) in [6.45, 7) is 10.6. The van der Waals surface area contributed by atoms with Crippen molar-refractivity contribution < 1.29 is 4.11 Å². The summed E-state index contributed by atoms with van der Waals surface area (Å²) in [6.07, 6.45) is 4.41. The van der Waals surface area contributed by atoms with Gasteiger partial charge in [-0.1, -0.05) is 52.7 Å². The second-order valence-electron chi connectivity index (χ2n) is 7.87. The molecule has 98 valence electrons. The summed E-state index contributed by atoms with van der Waals surface area (Å²) in [4.78, 5) is 0. The van der Waals surface area contributed by atoms with E-state index >= 15 is 0 Å². The number of benzene rings is 1. The van der Waals surface area contributed by atoms with Crippen LogP contribution in [0.5, 0.6) is 0 Å². The third-order valence-corrected chi connectivity index (χ3v) is 5.23. The highest BCUT2D eigenvalue weighted by atomic mass is 14.5. The van der Waals surface area contributed by atoms with Crippen molar-refractivity contribution in [2.45, 2.75) is 76.5 Å². The van der Waals surface area contributed by atoms with Crippen molar-refractivity contribution in [2.75, 3.05) is 0 Å². The molecule has 0 aromatic heterocycles. The van der Waals surface area contributed by atoms with Gasteiger partial charge in [0.15, 0.2) is 0 Å². The van der Waals surface area contributed by atoms with E-state index in [1.54, 1.807) is 0 Å². The summed E-state index contributed by atoms with van der Waals surface area (Å²) in [6, 6.07) is 1.22. The van der Waals surface area contributed by atoms with E-state index in [1.165, 1.54) is 0 Å². The molecule has 0 spiro atoms. The average Bonchev–Trinajstić information content (AvgIpc) is 2.35. The fourth-order valence-electron chi connectivity index (χ4n) is 3.54. The lowest BCUT2D eigenvalue weighted by Crippen LogP contribution is -2.44. The lowest BCUT2D eigenvalue weighted by molar-refractivity contribution is 0.187. The zero-order valence-corrected chi connectivity index (χ0v) is 12.3. The lowest BCUT2D eigenvalue weighted by Gasteiger charge is -2.52. The van der Waals surface area contributed by atoms with Crippen molar-refractivity contribution in [2.24, 2.45) is 0 Å². The molecule has 3 aliphatic rings. The molecule has 0 radical (unpaired) electrons. The number of hydrogen-bond acceptors (Lipinski definition) is 0. The first kappa shape index (κ1) is 9.18. The predicted octanol–water partition coefficient (Wildman–Crippen LogP) is 5.09. The van der Waals surface area contributed by atoms with E-state index < -0.39 is 0 Å². The Hall–Kier alpha value is -0.780. The molecule has 0 unspecified atom stereocenters. The summed E-state index contributed by atoms with van der Waals surface area (Å²) in [5.74, 6) is 0. The minimum absolute atomic E-state index is 0.00614. The van der Waals surface area contributed by atoms with Crippen LogP contribution in [0.4, 0.5) is 0 Å². The van der Waals surface area contributed by atoms with E-state index in [4.69, 9.17) is 4.11 Å².